The summed E-state index contributed by atoms with van der Waals surface area (Å²) in [5.41, 5.74) is 3.64. The Morgan fingerprint density at radius 1 is 1.17 bits per heavy atom. The maximum atomic E-state index is 13.2. The smallest absolute Gasteiger partial charge is 0.269 e. The van der Waals surface area contributed by atoms with E-state index in [4.69, 9.17) is 4.99 Å². The third-order valence-electron chi connectivity index (χ3n) is 5.30. The molecule has 0 atom stereocenters. The van der Waals surface area contributed by atoms with Gasteiger partial charge in [-0.3, -0.25) is 9.69 Å². The maximum Gasteiger partial charge on any atom is 0.269 e. The van der Waals surface area contributed by atoms with E-state index in [1.165, 1.54) is 11.8 Å². The van der Waals surface area contributed by atoms with Crippen molar-refractivity contribution in [1.29, 1.82) is 0 Å². The number of phenolic OH excluding ortho intramolecular Hbond substituents is 1. The minimum absolute atomic E-state index is 0.0103. The summed E-state index contributed by atoms with van der Waals surface area (Å²) in [6.45, 7) is 8.53. The zero-order chi connectivity index (χ0) is 21.6. The first-order valence-corrected chi connectivity index (χ1v) is 11.6. The summed E-state index contributed by atoms with van der Waals surface area (Å²) in [4.78, 5) is 23.7. The first-order chi connectivity index (χ1) is 14.3. The van der Waals surface area contributed by atoms with Gasteiger partial charge in [-0.15, -0.1) is 0 Å². The molecule has 0 bridgehead atoms. The summed E-state index contributed by atoms with van der Waals surface area (Å²) in [6.07, 6.45) is 0. The van der Waals surface area contributed by atoms with Crippen LogP contribution in [0.25, 0.3) is 0 Å². The summed E-state index contributed by atoms with van der Waals surface area (Å²) >= 11 is 3.05. The van der Waals surface area contributed by atoms with Crippen LogP contribution in [0.1, 0.15) is 37.8 Å². The number of para-hydroxylation sites is 1. The van der Waals surface area contributed by atoms with Crippen molar-refractivity contribution < 1.29 is 9.90 Å². The van der Waals surface area contributed by atoms with E-state index in [1.54, 1.807) is 22.7 Å². The monoisotopic (exact) mass is 439 g/mol. The molecule has 0 radical (unpaired) electrons. The summed E-state index contributed by atoms with van der Waals surface area (Å²) in [5, 5.41) is 11.9. The number of carbonyl (C=O) groups excluding carboxylic acids is 1. The van der Waals surface area contributed by atoms with E-state index < -0.39 is 0 Å². The summed E-state index contributed by atoms with van der Waals surface area (Å²) in [5.74, 6) is 0.465. The van der Waals surface area contributed by atoms with E-state index in [0.29, 0.717) is 22.4 Å². The number of anilines is 1. The number of aryl methyl sites for hydroxylation is 1. The van der Waals surface area contributed by atoms with Gasteiger partial charge in [-0.1, -0.05) is 37.7 Å². The Labute approximate surface area is 185 Å². The first kappa shape index (κ1) is 20.9. The highest BCUT2D eigenvalue weighted by atomic mass is 32.2. The lowest BCUT2D eigenvalue weighted by Crippen LogP contribution is -2.29. The molecule has 2 aliphatic heterocycles. The SMILES string of the molecule is CCN1C(=O)/C(=C2/Sc3ccccc3N2C)SC1=Nc1cc(C(C)C)c(O)cc1C. The van der Waals surface area contributed by atoms with Crippen LogP contribution in [0.3, 0.4) is 0 Å². The summed E-state index contributed by atoms with van der Waals surface area (Å²) < 4.78 is 0. The van der Waals surface area contributed by atoms with Crippen LogP contribution in [0.15, 0.2) is 56.2 Å². The normalized spacial score (nSPS) is 20.1. The average Bonchev–Trinajstić information content (AvgIpc) is 3.20. The molecule has 5 nitrogen and oxygen atoms in total. The van der Waals surface area contributed by atoms with Gasteiger partial charge in [0.25, 0.3) is 5.91 Å². The minimum Gasteiger partial charge on any atom is -0.508 e. The van der Waals surface area contributed by atoms with Crippen molar-refractivity contribution in [3.63, 3.8) is 0 Å². The Morgan fingerprint density at radius 3 is 2.57 bits per heavy atom. The van der Waals surface area contributed by atoms with Crippen LogP contribution >= 0.6 is 23.5 Å². The third-order valence-corrected chi connectivity index (χ3v) is 7.73. The molecule has 1 N–H and O–H groups in total. The van der Waals surface area contributed by atoms with Crippen LogP contribution in [-0.4, -0.2) is 34.7 Å². The number of rotatable bonds is 3. The van der Waals surface area contributed by atoms with Crippen LogP contribution in [0.5, 0.6) is 5.75 Å². The molecule has 0 aliphatic carbocycles. The number of aliphatic imine (C=N–C) groups is 1. The topological polar surface area (TPSA) is 56.1 Å². The second-order valence-electron chi connectivity index (χ2n) is 7.66. The summed E-state index contributed by atoms with van der Waals surface area (Å²) in [6, 6.07) is 11.9. The number of nitrogens with zero attached hydrogens (tertiary/aromatic N) is 3. The van der Waals surface area contributed by atoms with Gasteiger partial charge < -0.3 is 10.0 Å². The zero-order valence-corrected chi connectivity index (χ0v) is 19.4. The Hall–Kier alpha value is -2.38. The van der Waals surface area contributed by atoms with Gasteiger partial charge in [-0.2, -0.15) is 0 Å². The molecule has 1 saturated heterocycles. The van der Waals surface area contributed by atoms with Crippen LogP contribution in [0, 0.1) is 6.92 Å². The molecule has 1 amide bonds. The van der Waals surface area contributed by atoms with Crippen molar-refractivity contribution in [2.75, 3.05) is 18.5 Å². The van der Waals surface area contributed by atoms with Gasteiger partial charge >= 0.3 is 0 Å². The fourth-order valence-corrected chi connectivity index (χ4v) is 5.98. The molecule has 0 unspecified atom stereocenters. The fraction of sp³-hybridized carbons (Fsp3) is 0.304. The number of phenols is 1. The highest BCUT2D eigenvalue weighted by Gasteiger charge is 2.38. The van der Waals surface area contributed by atoms with E-state index in [0.717, 1.165) is 32.4 Å². The highest BCUT2D eigenvalue weighted by molar-refractivity contribution is 8.19. The minimum atomic E-state index is -0.0103. The van der Waals surface area contributed by atoms with Gasteiger partial charge in [0, 0.05) is 18.5 Å². The molecule has 0 saturated carbocycles. The molecule has 2 aromatic carbocycles. The third kappa shape index (κ3) is 3.50. The maximum absolute atomic E-state index is 13.2. The van der Waals surface area contributed by atoms with Crippen molar-refractivity contribution in [2.45, 2.75) is 38.5 Å². The molecule has 2 aromatic rings. The number of hydrogen-bond acceptors (Lipinski definition) is 6. The van der Waals surface area contributed by atoms with Gasteiger partial charge in [0.05, 0.1) is 16.4 Å². The zero-order valence-electron chi connectivity index (χ0n) is 17.8. The van der Waals surface area contributed by atoms with E-state index in [9.17, 15) is 9.90 Å². The number of fused-ring (bicyclic) bond motifs is 1. The van der Waals surface area contributed by atoms with Crippen LogP contribution in [0.4, 0.5) is 11.4 Å². The number of hydrogen-bond donors (Lipinski definition) is 1. The van der Waals surface area contributed by atoms with Crippen LogP contribution in [0.2, 0.25) is 0 Å². The largest absolute Gasteiger partial charge is 0.508 e. The van der Waals surface area contributed by atoms with E-state index in [1.807, 2.05) is 52.9 Å². The van der Waals surface area contributed by atoms with Gasteiger partial charge in [-0.25, -0.2) is 4.99 Å². The molecule has 156 valence electrons. The van der Waals surface area contributed by atoms with E-state index in [-0.39, 0.29) is 11.8 Å². The predicted octanol–water partition coefficient (Wildman–Crippen LogP) is 5.82. The van der Waals surface area contributed by atoms with Crippen LogP contribution in [-0.2, 0) is 4.79 Å². The Balaban J connectivity index is 1.75. The fourth-order valence-electron chi connectivity index (χ4n) is 3.58. The van der Waals surface area contributed by atoms with Crippen LogP contribution < -0.4 is 4.90 Å². The van der Waals surface area contributed by atoms with E-state index >= 15 is 0 Å². The number of aromatic hydroxyl groups is 1. The molecule has 2 aliphatic rings. The second-order valence-corrected chi connectivity index (χ2v) is 9.67. The number of carbonyl (C=O) groups is 1. The number of thioether (sulfide) groups is 2. The molecule has 30 heavy (non-hydrogen) atoms. The number of benzene rings is 2. The van der Waals surface area contributed by atoms with Gasteiger partial charge in [0.1, 0.15) is 10.7 Å². The summed E-state index contributed by atoms with van der Waals surface area (Å²) in [7, 11) is 2.00. The van der Waals surface area contributed by atoms with Crippen molar-refractivity contribution in [3.8, 4) is 5.75 Å². The number of amidine groups is 1. The quantitative estimate of drug-likeness (QED) is 0.611. The number of amides is 1. The van der Waals surface area contributed by atoms with Gasteiger partial charge in [-0.05, 0) is 66.9 Å². The predicted molar refractivity (Wildman–Crippen MR) is 127 cm³/mol. The van der Waals surface area contributed by atoms with Crippen molar-refractivity contribution in [3.05, 3.63) is 57.5 Å². The van der Waals surface area contributed by atoms with E-state index in [2.05, 4.69) is 17.0 Å². The molecule has 0 aromatic heterocycles. The first-order valence-electron chi connectivity index (χ1n) is 9.98. The number of likely N-dealkylation sites (N-methyl/N-ethyl adjacent to an activating group) is 1. The Kier molecular flexibility index (Phi) is 5.59. The lowest BCUT2D eigenvalue weighted by atomic mass is 9.99. The van der Waals surface area contributed by atoms with Gasteiger partial charge in [0.2, 0.25) is 0 Å². The standard InChI is InChI=1S/C23H25N3O2S2/c1-6-26-21(28)20(22-25(5)17-9-7-8-10-19(17)29-22)30-23(26)24-16-12-15(13(2)3)18(27)11-14(16)4/h7-13,27H,6H2,1-5H3/b22-20-,24-23?. The molecular weight excluding hydrogens is 414 g/mol. The van der Waals surface area contributed by atoms with Crippen molar-refractivity contribution >= 4 is 46.0 Å². The lowest BCUT2D eigenvalue weighted by molar-refractivity contribution is -0.122. The molecule has 4 rings (SSSR count). The molecular formula is C23H25N3O2S2. The molecule has 1 fully saturated rings. The van der Waals surface area contributed by atoms with Crippen molar-refractivity contribution in [1.82, 2.24) is 4.90 Å². The molecule has 2 heterocycles. The lowest BCUT2D eigenvalue weighted by Gasteiger charge is -2.15. The second kappa shape index (κ2) is 8.04. The highest BCUT2D eigenvalue weighted by Crippen LogP contribution is 2.50. The van der Waals surface area contributed by atoms with Gasteiger partial charge in [0.15, 0.2) is 5.17 Å². The Bertz CT molecular complexity index is 1090. The Morgan fingerprint density at radius 2 is 1.90 bits per heavy atom. The average molecular weight is 440 g/mol. The molecule has 0 spiro atoms. The van der Waals surface area contributed by atoms with Crippen molar-refractivity contribution in [2.24, 2.45) is 4.99 Å². The molecule has 7 heteroatoms.